The second-order valence-corrected chi connectivity index (χ2v) is 4.83. The summed E-state index contributed by atoms with van der Waals surface area (Å²) in [4.78, 5) is 24.7. The van der Waals surface area contributed by atoms with E-state index in [0.29, 0.717) is 24.3 Å². The summed E-state index contributed by atoms with van der Waals surface area (Å²) in [6.45, 7) is 0.168. The smallest absolute Gasteiger partial charge is 0.326 e. The molecule has 1 amide bonds. The summed E-state index contributed by atoms with van der Waals surface area (Å²) < 4.78 is 5.36. The lowest BCUT2D eigenvalue weighted by molar-refractivity contribution is -0.152. The van der Waals surface area contributed by atoms with Crippen molar-refractivity contribution in [2.45, 2.75) is 25.3 Å². The van der Waals surface area contributed by atoms with Crippen LogP contribution in [0.2, 0.25) is 0 Å². The number of nitriles is 1. The summed E-state index contributed by atoms with van der Waals surface area (Å²) in [5.74, 6) is -1.02. The zero-order chi connectivity index (χ0) is 15.2. The number of carbonyl (C=O) groups is 2. The first-order valence-electron chi connectivity index (χ1n) is 6.77. The van der Waals surface area contributed by atoms with Crippen LogP contribution in [-0.4, -0.2) is 41.1 Å². The molecule has 6 heteroatoms. The van der Waals surface area contributed by atoms with Crippen LogP contribution in [0, 0.1) is 11.3 Å². The maximum Gasteiger partial charge on any atom is 0.326 e. The van der Waals surface area contributed by atoms with Gasteiger partial charge in [0.25, 0.3) is 5.91 Å². The molecular formula is C15H16N2O4. The molecule has 1 N–H and O–H groups in total. The molecule has 0 radical (unpaired) electrons. The van der Waals surface area contributed by atoms with E-state index in [1.54, 1.807) is 24.3 Å². The highest BCUT2D eigenvalue weighted by Crippen LogP contribution is 2.19. The minimum Gasteiger partial charge on any atom is -0.482 e. The number of aliphatic carboxylic acids is 1. The first-order valence-corrected chi connectivity index (χ1v) is 6.77. The standard InChI is InChI=1S/C15H16N2O4/c16-9-11-5-1-2-7-13(11)21-10-14(18)17-8-4-3-6-12(17)15(19)20/h1-2,5,7,12H,3-4,6,8,10H2,(H,19,20). The summed E-state index contributed by atoms with van der Waals surface area (Å²) in [6, 6.07) is 7.83. The summed E-state index contributed by atoms with van der Waals surface area (Å²) in [5, 5.41) is 18.1. The molecule has 0 aromatic heterocycles. The maximum atomic E-state index is 12.1. The number of piperidine rings is 1. The van der Waals surface area contributed by atoms with Gasteiger partial charge >= 0.3 is 5.97 Å². The zero-order valence-electron chi connectivity index (χ0n) is 11.5. The van der Waals surface area contributed by atoms with Gasteiger partial charge in [0.1, 0.15) is 17.9 Å². The minimum atomic E-state index is -0.986. The molecule has 1 aliphatic rings. The van der Waals surface area contributed by atoms with Crippen LogP contribution in [-0.2, 0) is 9.59 Å². The van der Waals surface area contributed by atoms with Crippen molar-refractivity contribution in [3.63, 3.8) is 0 Å². The number of benzene rings is 1. The normalized spacial score (nSPS) is 17.9. The largest absolute Gasteiger partial charge is 0.482 e. The van der Waals surface area contributed by atoms with E-state index in [4.69, 9.17) is 15.1 Å². The summed E-state index contributed by atoms with van der Waals surface area (Å²) in [7, 11) is 0. The average Bonchev–Trinajstić information content (AvgIpc) is 2.52. The Morgan fingerprint density at radius 2 is 2.14 bits per heavy atom. The number of ether oxygens (including phenoxy) is 1. The maximum absolute atomic E-state index is 12.1. The van der Waals surface area contributed by atoms with Crippen molar-refractivity contribution < 1.29 is 19.4 Å². The quantitative estimate of drug-likeness (QED) is 0.904. The lowest BCUT2D eigenvalue weighted by atomic mass is 10.0. The van der Waals surface area contributed by atoms with Gasteiger partial charge in [-0.15, -0.1) is 0 Å². The molecule has 0 saturated carbocycles. The van der Waals surface area contributed by atoms with Crippen LogP contribution >= 0.6 is 0 Å². The van der Waals surface area contributed by atoms with E-state index < -0.39 is 12.0 Å². The van der Waals surface area contributed by atoms with Gasteiger partial charge in [-0.05, 0) is 31.4 Å². The highest BCUT2D eigenvalue weighted by molar-refractivity contribution is 5.84. The van der Waals surface area contributed by atoms with Crippen molar-refractivity contribution in [1.82, 2.24) is 4.90 Å². The minimum absolute atomic E-state index is 0.261. The number of carbonyl (C=O) groups excluding carboxylic acids is 1. The van der Waals surface area contributed by atoms with Gasteiger partial charge in [-0.1, -0.05) is 12.1 Å². The molecule has 6 nitrogen and oxygen atoms in total. The van der Waals surface area contributed by atoms with Gasteiger partial charge in [0, 0.05) is 6.54 Å². The molecule has 2 rings (SSSR count). The molecule has 21 heavy (non-hydrogen) atoms. The fourth-order valence-electron chi connectivity index (χ4n) is 2.39. The first kappa shape index (κ1) is 14.9. The second-order valence-electron chi connectivity index (χ2n) is 4.83. The van der Waals surface area contributed by atoms with Crippen LogP contribution in [0.3, 0.4) is 0 Å². The molecule has 1 heterocycles. The highest BCUT2D eigenvalue weighted by Gasteiger charge is 2.31. The summed E-state index contributed by atoms with van der Waals surface area (Å²) in [5.41, 5.74) is 0.346. The summed E-state index contributed by atoms with van der Waals surface area (Å²) >= 11 is 0. The molecule has 1 aliphatic heterocycles. The highest BCUT2D eigenvalue weighted by atomic mass is 16.5. The number of likely N-dealkylation sites (tertiary alicyclic amines) is 1. The molecule has 1 saturated heterocycles. The number of carboxylic acid groups (broad SMARTS) is 1. The van der Waals surface area contributed by atoms with Crippen LogP contribution in [0.5, 0.6) is 5.75 Å². The predicted molar refractivity (Wildman–Crippen MR) is 73.6 cm³/mol. The van der Waals surface area contributed by atoms with Crippen molar-refractivity contribution in [1.29, 1.82) is 5.26 Å². The van der Waals surface area contributed by atoms with E-state index >= 15 is 0 Å². The second kappa shape index (κ2) is 6.75. The van der Waals surface area contributed by atoms with Crippen molar-refractivity contribution >= 4 is 11.9 Å². The lowest BCUT2D eigenvalue weighted by Gasteiger charge is -2.32. The number of nitrogens with zero attached hydrogens (tertiary/aromatic N) is 2. The Kier molecular flexibility index (Phi) is 4.77. The molecule has 1 aromatic carbocycles. The van der Waals surface area contributed by atoms with Gasteiger partial charge in [0.15, 0.2) is 6.61 Å². The molecule has 1 aromatic rings. The van der Waals surface area contributed by atoms with Crippen LogP contribution < -0.4 is 4.74 Å². The Labute approximate surface area is 122 Å². The number of carboxylic acids is 1. The SMILES string of the molecule is N#Cc1ccccc1OCC(=O)N1CCCCC1C(=O)O. The van der Waals surface area contributed by atoms with Crippen molar-refractivity contribution in [3.8, 4) is 11.8 Å². The molecule has 0 aliphatic carbocycles. The van der Waals surface area contributed by atoms with Crippen LogP contribution in [0.25, 0.3) is 0 Å². The lowest BCUT2D eigenvalue weighted by Crippen LogP contribution is -2.49. The third kappa shape index (κ3) is 3.51. The molecule has 0 bridgehead atoms. The molecule has 1 unspecified atom stereocenters. The number of rotatable bonds is 4. The third-order valence-electron chi connectivity index (χ3n) is 3.47. The number of hydrogen-bond donors (Lipinski definition) is 1. The van der Waals surface area contributed by atoms with Crippen molar-refractivity contribution in [3.05, 3.63) is 29.8 Å². The Morgan fingerprint density at radius 3 is 2.86 bits per heavy atom. The predicted octanol–water partition coefficient (Wildman–Crippen LogP) is 1.40. The summed E-state index contributed by atoms with van der Waals surface area (Å²) in [6.07, 6.45) is 2.07. The van der Waals surface area contributed by atoms with E-state index in [-0.39, 0.29) is 12.5 Å². The Balaban J connectivity index is 2.01. The molecule has 1 atom stereocenters. The third-order valence-corrected chi connectivity index (χ3v) is 3.47. The van der Waals surface area contributed by atoms with Crippen molar-refractivity contribution in [2.24, 2.45) is 0 Å². The Bertz CT molecular complexity index is 579. The number of amides is 1. The van der Waals surface area contributed by atoms with Gasteiger partial charge < -0.3 is 14.7 Å². The number of hydrogen-bond acceptors (Lipinski definition) is 4. The van der Waals surface area contributed by atoms with E-state index in [1.807, 2.05) is 6.07 Å². The molecule has 0 spiro atoms. The van der Waals surface area contributed by atoms with E-state index in [0.717, 1.165) is 12.8 Å². The van der Waals surface area contributed by atoms with Gasteiger partial charge in [0.05, 0.1) is 5.56 Å². The Hall–Kier alpha value is -2.55. The zero-order valence-corrected chi connectivity index (χ0v) is 11.5. The van der Waals surface area contributed by atoms with Crippen molar-refractivity contribution in [2.75, 3.05) is 13.2 Å². The van der Waals surface area contributed by atoms with Crippen LogP contribution in [0.1, 0.15) is 24.8 Å². The van der Waals surface area contributed by atoms with Crippen LogP contribution in [0.15, 0.2) is 24.3 Å². The number of para-hydroxylation sites is 1. The van der Waals surface area contributed by atoms with Crippen LogP contribution in [0.4, 0.5) is 0 Å². The topological polar surface area (TPSA) is 90.6 Å². The van der Waals surface area contributed by atoms with E-state index in [9.17, 15) is 9.59 Å². The first-order chi connectivity index (χ1) is 10.1. The molecular weight excluding hydrogens is 272 g/mol. The van der Waals surface area contributed by atoms with Gasteiger partial charge in [-0.3, -0.25) is 4.79 Å². The monoisotopic (exact) mass is 288 g/mol. The average molecular weight is 288 g/mol. The van der Waals surface area contributed by atoms with Gasteiger partial charge in [0.2, 0.25) is 0 Å². The van der Waals surface area contributed by atoms with E-state index in [1.165, 1.54) is 4.90 Å². The van der Waals surface area contributed by atoms with Gasteiger partial charge in [-0.25, -0.2) is 4.79 Å². The van der Waals surface area contributed by atoms with Gasteiger partial charge in [-0.2, -0.15) is 5.26 Å². The fraction of sp³-hybridized carbons (Fsp3) is 0.400. The fourth-order valence-corrected chi connectivity index (χ4v) is 2.39. The molecule has 1 fully saturated rings. The molecule has 110 valence electrons. The Morgan fingerprint density at radius 1 is 1.38 bits per heavy atom. The van der Waals surface area contributed by atoms with E-state index in [2.05, 4.69) is 0 Å².